The van der Waals surface area contributed by atoms with E-state index in [-0.39, 0.29) is 24.3 Å². The zero-order chi connectivity index (χ0) is 18.8. The summed E-state index contributed by atoms with van der Waals surface area (Å²) in [4.78, 5) is 44.8. The number of piperidine rings is 1. The largest absolute Gasteiger partial charge is 0.346 e. The number of carbonyl (C=O) groups is 3. The van der Waals surface area contributed by atoms with Gasteiger partial charge in [-0.2, -0.15) is 0 Å². The Balaban J connectivity index is 1.46. The third-order valence-electron chi connectivity index (χ3n) is 4.64. The number of fused-ring (bicyclic) bond motifs is 1. The highest BCUT2D eigenvalue weighted by Crippen LogP contribution is 2.19. The summed E-state index contributed by atoms with van der Waals surface area (Å²) in [6.45, 7) is 0.264. The Hall–Kier alpha value is -3.48. The average Bonchev–Trinajstić information content (AvgIpc) is 3.15. The van der Waals surface area contributed by atoms with Gasteiger partial charge in [0.05, 0.1) is 12.1 Å². The minimum Gasteiger partial charge on any atom is -0.346 e. The molecule has 3 heterocycles. The van der Waals surface area contributed by atoms with Crippen molar-refractivity contribution in [3.63, 3.8) is 0 Å². The Morgan fingerprint density at radius 1 is 1.07 bits per heavy atom. The van der Waals surface area contributed by atoms with E-state index in [1.54, 1.807) is 30.6 Å². The van der Waals surface area contributed by atoms with Gasteiger partial charge in [0.15, 0.2) is 0 Å². The van der Waals surface area contributed by atoms with E-state index in [0.717, 1.165) is 10.9 Å². The number of amides is 3. The molecule has 1 saturated heterocycles. The van der Waals surface area contributed by atoms with Crippen molar-refractivity contribution in [2.75, 3.05) is 5.32 Å². The number of H-pyrrole nitrogens is 1. The Bertz CT molecular complexity index is 1010. The fourth-order valence-corrected chi connectivity index (χ4v) is 3.21. The highest BCUT2D eigenvalue weighted by molar-refractivity contribution is 6.11. The van der Waals surface area contributed by atoms with E-state index in [1.807, 2.05) is 18.2 Å². The fraction of sp³-hybridized carbons (Fsp3) is 0.200. The highest BCUT2D eigenvalue weighted by atomic mass is 16.2. The maximum Gasteiger partial charge on any atom is 0.256 e. The topological polar surface area (TPSA) is 95.2 Å². The molecule has 1 aliphatic rings. The van der Waals surface area contributed by atoms with Gasteiger partial charge in [0, 0.05) is 36.3 Å². The van der Waals surface area contributed by atoms with E-state index in [4.69, 9.17) is 0 Å². The minimum absolute atomic E-state index is 0.128. The molecular formula is C20H18N4O3. The summed E-state index contributed by atoms with van der Waals surface area (Å²) < 4.78 is 0. The van der Waals surface area contributed by atoms with Gasteiger partial charge in [0.2, 0.25) is 11.8 Å². The fourth-order valence-electron chi connectivity index (χ4n) is 3.21. The van der Waals surface area contributed by atoms with Crippen molar-refractivity contribution in [1.82, 2.24) is 14.9 Å². The Morgan fingerprint density at radius 3 is 2.56 bits per heavy atom. The lowest BCUT2D eigenvalue weighted by molar-refractivity contribution is -0.148. The molecule has 3 aromatic rings. The molecule has 27 heavy (non-hydrogen) atoms. The van der Waals surface area contributed by atoms with E-state index in [1.165, 1.54) is 4.90 Å². The van der Waals surface area contributed by atoms with Crippen molar-refractivity contribution in [3.8, 4) is 0 Å². The summed E-state index contributed by atoms with van der Waals surface area (Å²) in [7, 11) is 0. The lowest BCUT2D eigenvalue weighted by Gasteiger charge is -2.24. The quantitative estimate of drug-likeness (QED) is 0.698. The number of rotatable bonds is 4. The van der Waals surface area contributed by atoms with E-state index in [2.05, 4.69) is 15.3 Å². The maximum atomic E-state index is 12.6. The molecule has 3 amide bonds. The second-order valence-electron chi connectivity index (χ2n) is 6.48. The zero-order valence-corrected chi connectivity index (χ0v) is 14.6. The summed E-state index contributed by atoms with van der Waals surface area (Å²) in [5, 5.41) is 3.62. The van der Waals surface area contributed by atoms with Crippen LogP contribution >= 0.6 is 0 Å². The molecule has 1 aromatic carbocycles. The van der Waals surface area contributed by atoms with Crippen LogP contribution in [0, 0.1) is 0 Å². The highest BCUT2D eigenvalue weighted by Gasteiger charge is 2.25. The normalized spacial score (nSPS) is 14.6. The van der Waals surface area contributed by atoms with Crippen LogP contribution < -0.4 is 5.32 Å². The lowest BCUT2D eigenvalue weighted by Crippen LogP contribution is -2.39. The van der Waals surface area contributed by atoms with E-state index in [9.17, 15) is 14.4 Å². The molecule has 1 aliphatic heterocycles. The van der Waals surface area contributed by atoms with Crippen molar-refractivity contribution < 1.29 is 14.4 Å². The first kappa shape index (κ1) is 17.0. The van der Waals surface area contributed by atoms with Gasteiger partial charge in [-0.05, 0) is 36.2 Å². The van der Waals surface area contributed by atoms with Gasteiger partial charge >= 0.3 is 0 Å². The second-order valence-corrected chi connectivity index (χ2v) is 6.48. The predicted molar refractivity (Wildman–Crippen MR) is 99.9 cm³/mol. The third kappa shape index (κ3) is 3.44. The van der Waals surface area contributed by atoms with Crippen LogP contribution in [0.25, 0.3) is 11.0 Å². The number of aromatic amines is 1. The zero-order valence-electron chi connectivity index (χ0n) is 14.6. The smallest absolute Gasteiger partial charge is 0.256 e. The van der Waals surface area contributed by atoms with Crippen LogP contribution in [0.2, 0.25) is 0 Å². The van der Waals surface area contributed by atoms with Gasteiger partial charge < -0.3 is 10.3 Å². The summed E-state index contributed by atoms with van der Waals surface area (Å²) in [5.41, 5.74) is 2.68. The van der Waals surface area contributed by atoms with Crippen molar-refractivity contribution in [1.29, 1.82) is 0 Å². The predicted octanol–water partition coefficient (Wildman–Crippen LogP) is 2.85. The number of nitrogens with one attached hydrogen (secondary N) is 2. The number of pyridine rings is 1. The molecule has 0 spiro atoms. The van der Waals surface area contributed by atoms with Gasteiger partial charge in [0.1, 0.15) is 5.65 Å². The molecule has 2 aromatic heterocycles. The van der Waals surface area contributed by atoms with Crippen LogP contribution in [0.1, 0.15) is 35.2 Å². The van der Waals surface area contributed by atoms with Gasteiger partial charge in [-0.1, -0.05) is 12.1 Å². The van der Waals surface area contributed by atoms with Crippen molar-refractivity contribution in [3.05, 3.63) is 59.9 Å². The van der Waals surface area contributed by atoms with Crippen molar-refractivity contribution in [2.24, 2.45) is 0 Å². The molecule has 0 aliphatic carbocycles. The summed E-state index contributed by atoms with van der Waals surface area (Å²) >= 11 is 0. The van der Waals surface area contributed by atoms with Gasteiger partial charge in [-0.3, -0.25) is 19.3 Å². The number of nitrogens with zero attached hydrogens (tertiary/aromatic N) is 2. The number of benzene rings is 1. The second kappa shape index (κ2) is 7.03. The number of anilines is 1. The Morgan fingerprint density at radius 2 is 1.81 bits per heavy atom. The summed E-state index contributed by atoms with van der Waals surface area (Å²) in [6, 6.07) is 10.6. The number of imide groups is 1. The van der Waals surface area contributed by atoms with Crippen LogP contribution in [0.4, 0.5) is 5.69 Å². The maximum absolute atomic E-state index is 12.6. The Labute approximate surface area is 155 Å². The number of carbonyl (C=O) groups excluding carboxylic acids is 3. The molecule has 1 fully saturated rings. The van der Waals surface area contributed by atoms with Crippen LogP contribution in [-0.4, -0.2) is 32.6 Å². The number of hydrogen-bond donors (Lipinski definition) is 2. The number of aromatic nitrogens is 2. The van der Waals surface area contributed by atoms with E-state index >= 15 is 0 Å². The summed E-state index contributed by atoms with van der Waals surface area (Å²) in [5.74, 6) is -0.482. The average molecular weight is 362 g/mol. The molecule has 7 heteroatoms. The molecule has 0 unspecified atom stereocenters. The summed E-state index contributed by atoms with van der Waals surface area (Å²) in [6.07, 6.45) is 4.79. The molecule has 136 valence electrons. The van der Waals surface area contributed by atoms with Crippen LogP contribution in [0.3, 0.4) is 0 Å². The third-order valence-corrected chi connectivity index (χ3v) is 4.64. The SMILES string of the molecule is O=C(Nc1ccc(CN2C(=O)CCCC2=O)cc1)c1ccnc2[nH]ccc12. The first-order chi connectivity index (χ1) is 13.1. The molecule has 0 bridgehead atoms. The first-order valence-electron chi connectivity index (χ1n) is 8.77. The van der Waals surface area contributed by atoms with Crippen LogP contribution in [0.5, 0.6) is 0 Å². The standard InChI is InChI=1S/C20H18N4O3/c25-17-2-1-3-18(26)24(17)12-13-4-6-14(7-5-13)23-20(27)16-9-11-22-19-15(16)8-10-21-19/h4-11H,1-3,12H2,(H,21,22)(H,23,27). The molecule has 4 rings (SSSR count). The molecular weight excluding hydrogens is 344 g/mol. The molecule has 0 atom stereocenters. The molecule has 0 radical (unpaired) electrons. The Kier molecular flexibility index (Phi) is 4.42. The first-order valence-corrected chi connectivity index (χ1v) is 8.77. The van der Waals surface area contributed by atoms with Crippen molar-refractivity contribution in [2.45, 2.75) is 25.8 Å². The number of hydrogen-bond acceptors (Lipinski definition) is 4. The monoisotopic (exact) mass is 362 g/mol. The van der Waals surface area contributed by atoms with Crippen LogP contribution in [0.15, 0.2) is 48.8 Å². The molecule has 7 nitrogen and oxygen atoms in total. The van der Waals surface area contributed by atoms with Crippen LogP contribution in [-0.2, 0) is 16.1 Å². The van der Waals surface area contributed by atoms with Gasteiger partial charge in [0.25, 0.3) is 5.91 Å². The van der Waals surface area contributed by atoms with Gasteiger partial charge in [-0.25, -0.2) is 4.98 Å². The van der Waals surface area contributed by atoms with E-state index in [0.29, 0.717) is 36.2 Å². The van der Waals surface area contributed by atoms with E-state index < -0.39 is 0 Å². The number of likely N-dealkylation sites (tertiary alicyclic amines) is 1. The molecule has 0 saturated carbocycles. The lowest BCUT2D eigenvalue weighted by atomic mass is 10.1. The van der Waals surface area contributed by atoms with Gasteiger partial charge in [-0.15, -0.1) is 0 Å². The molecule has 2 N–H and O–H groups in total. The van der Waals surface area contributed by atoms with Crippen molar-refractivity contribution >= 4 is 34.4 Å². The minimum atomic E-state index is -0.226.